The van der Waals surface area contributed by atoms with E-state index in [-0.39, 0.29) is 10.6 Å². The number of rotatable bonds is 6. The second-order valence-electron chi connectivity index (χ2n) is 5.68. The molecule has 0 aliphatic heterocycles. The molecule has 2 aromatic carbocycles. The zero-order chi connectivity index (χ0) is 17.8. The molecule has 25 heavy (non-hydrogen) atoms. The van der Waals surface area contributed by atoms with Gasteiger partial charge >= 0.3 is 0 Å². The Bertz CT molecular complexity index is 877. The average molecular weight is 358 g/mol. The molecule has 128 valence electrons. The molecule has 0 atom stereocenters. The Balaban J connectivity index is 1.69. The lowest BCUT2D eigenvalue weighted by Crippen LogP contribution is -2.18. The van der Waals surface area contributed by atoms with Crippen LogP contribution in [0.3, 0.4) is 0 Å². The first-order valence-electron chi connectivity index (χ1n) is 7.64. The summed E-state index contributed by atoms with van der Waals surface area (Å²) in [6, 6.07) is 14.0. The molecule has 3 rings (SSSR count). The van der Waals surface area contributed by atoms with Crippen LogP contribution >= 0.6 is 11.6 Å². The van der Waals surface area contributed by atoms with Crippen LogP contribution in [0.1, 0.15) is 11.5 Å². The van der Waals surface area contributed by atoms with Crippen molar-refractivity contribution in [3.63, 3.8) is 0 Å². The van der Waals surface area contributed by atoms with E-state index in [1.807, 2.05) is 24.1 Å². The minimum Gasteiger partial charge on any atom is -0.439 e. The third kappa shape index (κ3) is 4.23. The molecule has 0 amide bonds. The van der Waals surface area contributed by atoms with E-state index >= 15 is 0 Å². The number of oxazole rings is 1. The summed E-state index contributed by atoms with van der Waals surface area (Å²) in [5, 5.41) is 11.8. The number of nitro groups is 1. The number of benzene rings is 2. The van der Waals surface area contributed by atoms with Crippen molar-refractivity contribution in [1.82, 2.24) is 9.88 Å². The van der Waals surface area contributed by atoms with Crippen molar-refractivity contribution >= 4 is 17.3 Å². The highest BCUT2D eigenvalue weighted by Crippen LogP contribution is 2.24. The zero-order valence-corrected chi connectivity index (χ0v) is 14.3. The maximum Gasteiger partial charge on any atom is 0.273 e. The molecule has 0 aliphatic carbocycles. The van der Waals surface area contributed by atoms with Crippen molar-refractivity contribution in [2.45, 2.75) is 13.1 Å². The van der Waals surface area contributed by atoms with E-state index in [9.17, 15) is 10.1 Å². The molecular weight excluding hydrogens is 342 g/mol. The van der Waals surface area contributed by atoms with Gasteiger partial charge in [-0.05, 0) is 31.3 Å². The number of nitrogens with zero attached hydrogens (tertiary/aromatic N) is 3. The first-order chi connectivity index (χ1) is 12.0. The summed E-state index contributed by atoms with van der Waals surface area (Å²) in [5.74, 6) is 1.21. The quantitative estimate of drug-likeness (QED) is 0.478. The number of nitro benzene ring substituents is 1. The van der Waals surface area contributed by atoms with Crippen LogP contribution in [0, 0.1) is 10.1 Å². The zero-order valence-electron chi connectivity index (χ0n) is 13.6. The fraction of sp³-hybridized carbons (Fsp3) is 0.167. The normalized spacial score (nSPS) is 11.0. The topological polar surface area (TPSA) is 72.4 Å². The molecule has 0 unspecified atom stereocenters. The van der Waals surface area contributed by atoms with E-state index in [1.165, 1.54) is 6.07 Å². The van der Waals surface area contributed by atoms with Crippen LogP contribution in [-0.2, 0) is 13.1 Å². The van der Waals surface area contributed by atoms with Gasteiger partial charge in [0, 0.05) is 28.8 Å². The lowest BCUT2D eigenvalue weighted by atomic mass is 10.1. The molecule has 6 nitrogen and oxygen atoms in total. The molecule has 0 spiro atoms. The molecule has 1 heterocycles. The molecule has 0 N–H and O–H groups in total. The van der Waals surface area contributed by atoms with E-state index in [4.69, 9.17) is 16.0 Å². The van der Waals surface area contributed by atoms with Crippen LogP contribution in [0.25, 0.3) is 11.3 Å². The van der Waals surface area contributed by atoms with Crippen LogP contribution in [0.5, 0.6) is 0 Å². The molecule has 3 aromatic rings. The number of halogens is 1. The van der Waals surface area contributed by atoms with Gasteiger partial charge in [-0.1, -0.05) is 29.8 Å². The number of para-hydroxylation sites is 1. The van der Waals surface area contributed by atoms with Gasteiger partial charge in [-0.2, -0.15) is 0 Å². The van der Waals surface area contributed by atoms with Gasteiger partial charge in [0.2, 0.25) is 5.89 Å². The highest BCUT2D eigenvalue weighted by Gasteiger charge is 2.15. The molecule has 0 radical (unpaired) electrons. The minimum absolute atomic E-state index is 0.114. The van der Waals surface area contributed by atoms with Crippen LogP contribution in [-0.4, -0.2) is 21.9 Å². The van der Waals surface area contributed by atoms with E-state index in [1.54, 1.807) is 36.5 Å². The van der Waals surface area contributed by atoms with Crippen molar-refractivity contribution < 1.29 is 9.34 Å². The van der Waals surface area contributed by atoms with Gasteiger partial charge in [0.05, 0.1) is 17.7 Å². The van der Waals surface area contributed by atoms with Crippen molar-refractivity contribution in [2.75, 3.05) is 7.05 Å². The second kappa shape index (κ2) is 7.46. The average Bonchev–Trinajstić information content (AvgIpc) is 3.04. The lowest BCUT2D eigenvalue weighted by molar-refractivity contribution is -0.385. The standard InChI is InChI=1S/C18H16ClN3O3/c1-21(11-14-4-2-3-5-16(14)22(23)24)12-18-20-10-17(25-18)13-6-8-15(19)9-7-13/h2-10H,11-12H2,1H3. The third-order valence-electron chi connectivity index (χ3n) is 3.72. The highest BCUT2D eigenvalue weighted by atomic mass is 35.5. The Labute approximate surface area is 149 Å². The molecule has 7 heteroatoms. The fourth-order valence-electron chi connectivity index (χ4n) is 2.53. The minimum atomic E-state index is -0.368. The molecule has 0 saturated carbocycles. The van der Waals surface area contributed by atoms with Gasteiger partial charge in [0.15, 0.2) is 5.76 Å². The largest absolute Gasteiger partial charge is 0.439 e. The predicted molar refractivity (Wildman–Crippen MR) is 95.2 cm³/mol. The van der Waals surface area contributed by atoms with E-state index < -0.39 is 0 Å². The second-order valence-corrected chi connectivity index (χ2v) is 6.12. The Kier molecular flexibility index (Phi) is 5.11. The molecule has 0 fully saturated rings. The number of hydrogen-bond donors (Lipinski definition) is 0. The summed E-state index contributed by atoms with van der Waals surface area (Å²) < 4.78 is 5.77. The van der Waals surface area contributed by atoms with Gasteiger partial charge in [0.25, 0.3) is 5.69 Å². The summed E-state index contributed by atoms with van der Waals surface area (Å²) in [6.45, 7) is 0.870. The van der Waals surface area contributed by atoms with Crippen molar-refractivity contribution in [3.05, 3.63) is 81.3 Å². The first kappa shape index (κ1) is 17.1. The summed E-state index contributed by atoms with van der Waals surface area (Å²) in [7, 11) is 1.86. The van der Waals surface area contributed by atoms with Crippen molar-refractivity contribution in [1.29, 1.82) is 0 Å². The molecule has 0 aliphatic rings. The highest BCUT2D eigenvalue weighted by molar-refractivity contribution is 6.30. The van der Waals surface area contributed by atoms with Gasteiger partial charge in [-0.15, -0.1) is 0 Å². The Morgan fingerprint density at radius 3 is 2.60 bits per heavy atom. The van der Waals surface area contributed by atoms with Crippen molar-refractivity contribution in [2.24, 2.45) is 0 Å². The lowest BCUT2D eigenvalue weighted by Gasteiger charge is -2.14. The monoisotopic (exact) mass is 357 g/mol. The Hall–Kier alpha value is -2.70. The SMILES string of the molecule is CN(Cc1ncc(-c2ccc(Cl)cc2)o1)Cc1ccccc1[N+](=O)[O-]. The van der Waals surface area contributed by atoms with Crippen LogP contribution in [0.4, 0.5) is 5.69 Å². The van der Waals surface area contributed by atoms with E-state index in [0.29, 0.717) is 35.3 Å². The van der Waals surface area contributed by atoms with Gasteiger partial charge in [0.1, 0.15) is 0 Å². The summed E-state index contributed by atoms with van der Waals surface area (Å²) in [4.78, 5) is 16.9. The number of hydrogen-bond acceptors (Lipinski definition) is 5. The maximum absolute atomic E-state index is 11.1. The summed E-state index contributed by atoms with van der Waals surface area (Å²) >= 11 is 5.88. The first-order valence-corrected chi connectivity index (χ1v) is 8.02. The Morgan fingerprint density at radius 2 is 1.88 bits per heavy atom. The predicted octanol–water partition coefficient (Wildman–Crippen LogP) is 4.54. The van der Waals surface area contributed by atoms with Gasteiger partial charge in [-0.3, -0.25) is 15.0 Å². The molecule has 0 saturated heterocycles. The van der Waals surface area contributed by atoms with Crippen LogP contribution < -0.4 is 0 Å². The summed E-state index contributed by atoms with van der Waals surface area (Å²) in [5.41, 5.74) is 1.66. The van der Waals surface area contributed by atoms with Crippen LogP contribution in [0.2, 0.25) is 5.02 Å². The molecule has 0 bridgehead atoms. The van der Waals surface area contributed by atoms with E-state index in [2.05, 4.69) is 4.98 Å². The molecular formula is C18H16ClN3O3. The maximum atomic E-state index is 11.1. The molecule has 1 aromatic heterocycles. The Morgan fingerprint density at radius 1 is 1.16 bits per heavy atom. The van der Waals surface area contributed by atoms with Gasteiger partial charge in [-0.25, -0.2) is 4.98 Å². The number of aromatic nitrogens is 1. The third-order valence-corrected chi connectivity index (χ3v) is 3.97. The summed E-state index contributed by atoms with van der Waals surface area (Å²) in [6.07, 6.45) is 1.66. The van der Waals surface area contributed by atoms with Crippen molar-refractivity contribution in [3.8, 4) is 11.3 Å². The smallest absolute Gasteiger partial charge is 0.273 e. The van der Waals surface area contributed by atoms with Crippen LogP contribution in [0.15, 0.2) is 59.1 Å². The van der Waals surface area contributed by atoms with Gasteiger partial charge < -0.3 is 4.42 Å². The fourth-order valence-corrected chi connectivity index (χ4v) is 2.66. The van der Waals surface area contributed by atoms with E-state index in [0.717, 1.165) is 5.56 Å².